The Morgan fingerprint density at radius 1 is 1.19 bits per heavy atom. The van der Waals surface area contributed by atoms with Gasteiger partial charge in [-0.05, 0) is 17.0 Å². The Labute approximate surface area is 126 Å². The van der Waals surface area contributed by atoms with Gasteiger partial charge in [0.2, 0.25) is 0 Å². The molecule has 2 heterocycles. The maximum Gasteiger partial charge on any atom is 0.265 e. The molecule has 7 heteroatoms. The Bertz CT molecular complexity index is 809. The van der Waals surface area contributed by atoms with E-state index in [2.05, 4.69) is 9.82 Å². The highest BCUT2D eigenvalue weighted by Gasteiger charge is 2.16. The molecule has 5 nitrogen and oxygen atoms in total. The lowest BCUT2D eigenvalue weighted by molar-refractivity contribution is 0.601. The molecule has 3 aromatic rings. The van der Waals surface area contributed by atoms with Gasteiger partial charge < -0.3 is 0 Å². The van der Waals surface area contributed by atoms with Crippen molar-refractivity contribution in [1.82, 2.24) is 9.78 Å². The van der Waals surface area contributed by atoms with Gasteiger partial charge in [-0.2, -0.15) is 16.4 Å². The summed E-state index contributed by atoms with van der Waals surface area (Å²) >= 11 is 1.43. The van der Waals surface area contributed by atoms with Crippen LogP contribution < -0.4 is 4.72 Å². The van der Waals surface area contributed by atoms with Crippen LogP contribution in [-0.4, -0.2) is 18.2 Å². The van der Waals surface area contributed by atoms with E-state index in [1.54, 1.807) is 16.1 Å². The van der Waals surface area contributed by atoms with Crippen LogP contribution in [0, 0.1) is 0 Å². The summed E-state index contributed by atoms with van der Waals surface area (Å²) in [5, 5.41) is 7.67. The molecule has 108 valence electrons. The standard InChI is InChI=1S/C14H13N3O2S2/c18-21(19,16-13-6-7-20-11-13)14-8-15-17(10-14)9-12-4-2-1-3-5-12/h1-8,10-11,16H,9H2. The van der Waals surface area contributed by atoms with Crippen LogP contribution >= 0.6 is 11.3 Å². The second-order valence-electron chi connectivity index (χ2n) is 4.48. The first-order valence-corrected chi connectivity index (χ1v) is 8.67. The van der Waals surface area contributed by atoms with Gasteiger partial charge in [-0.15, -0.1) is 0 Å². The molecule has 0 saturated heterocycles. The number of benzene rings is 1. The lowest BCUT2D eigenvalue weighted by atomic mass is 10.2. The molecule has 0 radical (unpaired) electrons. The van der Waals surface area contributed by atoms with Crippen LogP contribution in [0.2, 0.25) is 0 Å². The van der Waals surface area contributed by atoms with Crippen molar-refractivity contribution in [3.8, 4) is 0 Å². The predicted octanol–water partition coefficient (Wildman–Crippen LogP) is 2.79. The van der Waals surface area contributed by atoms with Crippen molar-refractivity contribution in [3.05, 3.63) is 65.1 Å². The Morgan fingerprint density at radius 2 is 2.00 bits per heavy atom. The van der Waals surface area contributed by atoms with Gasteiger partial charge in [0.15, 0.2) is 0 Å². The second kappa shape index (κ2) is 5.71. The number of hydrogen-bond acceptors (Lipinski definition) is 4. The van der Waals surface area contributed by atoms with Crippen molar-refractivity contribution < 1.29 is 8.42 Å². The van der Waals surface area contributed by atoms with Crippen LogP contribution in [0.15, 0.2) is 64.4 Å². The van der Waals surface area contributed by atoms with E-state index in [9.17, 15) is 8.42 Å². The first kappa shape index (κ1) is 13.8. The first-order valence-electron chi connectivity index (χ1n) is 6.25. The van der Waals surface area contributed by atoms with E-state index in [0.29, 0.717) is 12.2 Å². The molecule has 0 saturated carbocycles. The van der Waals surface area contributed by atoms with Gasteiger partial charge in [-0.3, -0.25) is 9.40 Å². The predicted molar refractivity (Wildman–Crippen MR) is 82.9 cm³/mol. The normalized spacial score (nSPS) is 11.4. The molecule has 2 aromatic heterocycles. The molecule has 3 rings (SSSR count). The summed E-state index contributed by atoms with van der Waals surface area (Å²) in [5.41, 5.74) is 1.63. The molecule has 0 aliphatic heterocycles. The molecule has 1 aromatic carbocycles. The van der Waals surface area contributed by atoms with Gasteiger partial charge in [0.1, 0.15) is 4.90 Å². The number of nitrogens with one attached hydrogen (secondary N) is 1. The van der Waals surface area contributed by atoms with Crippen molar-refractivity contribution in [3.63, 3.8) is 0 Å². The van der Waals surface area contributed by atoms with Crippen LogP contribution in [0.1, 0.15) is 5.56 Å². The van der Waals surface area contributed by atoms with Gasteiger partial charge in [0.05, 0.1) is 18.4 Å². The zero-order valence-electron chi connectivity index (χ0n) is 11.0. The minimum absolute atomic E-state index is 0.157. The summed E-state index contributed by atoms with van der Waals surface area (Å²) in [6, 6.07) is 11.5. The first-order chi connectivity index (χ1) is 10.1. The minimum Gasteiger partial charge on any atom is -0.279 e. The van der Waals surface area contributed by atoms with E-state index in [1.165, 1.54) is 23.7 Å². The van der Waals surface area contributed by atoms with Crippen molar-refractivity contribution in [1.29, 1.82) is 0 Å². The third kappa shape index (κ3) is 3.32. The number of thiophene rings is 1. The summed E-state index contributed by atoms with van der Waals surface area (Å²) in [5.74, 6) is 0. The molecule has 0 fully saturated rings. The van der Waals surface area contributed by atoms with Gasteiger partial charge in [0.25, 0.3) is 10.0 Å². The van der Waals surface area contributed by atoms with E-state index >= 15 is 0 Å². The fourth-order valence-electron chi connectivity index (χ4n) is 1.88. The molecule has 0 aliphatic rings. The molecule has 0 amide bonds. The highest BCUT2D eigenvalue weighted by atomic mass is 32.2. The van der Waals surface area contributed by atoms with Gasteiger partial charge in [0, 0.05) is 11.6 Å². The largest absolute Gasteiger partial charge is 0.279 e. The lowest BCUT2D eigenvalue weighted by Gasteiger charge is -2.03. The molecule has 21 heavy (non-hydrogen) atoms. The van der Waals surface area contributed by atoms with Crippen LogP contribution in [0.4, 0.5) is 5.69 Å². The third-order valence-corrected chi connectivity index (χ3v) is 4.90. The summed E-state index contributed by atoms with van der Waals surface area (Å²) < 4.78 is 28.5. The van der Waals surface area contributed by atoms with E-state index in [-0.39, 0.29) is 4.90 Å². The van der Waals surface area contributed by atoms with Gasteiger partial charge in [-0.1, -0.05) is 30.3 Å². The molecule has 1 N–H and O–H groups in total. The Hall–Kier alpha value is -2.12. The smallest absolute Gasteiger partial charge is 0.265 e. The van der Waals surface area contributed by atoms with Crippen molar-refractivity contribution in [2.45, 2.75) is 11.4 Å². The maximum absolute atomic E-state index is 12.2. The molecule has 0 spiro atoms. The van der Waals surface area contributed by atoms with Crippen LogP contribution in [0.5, 0.6) is 0 Å². The number of sulfonamides is 1. The highest BCUT2D eigenvalue weighted by Crippen LogP contribution is 2.18. The SMILES string of the molecule is O=S(=O)(Nc1ccsc1)c1cnn(Cc2ccccc2)c1. The molecular weight excluding hydrogens is 306 g/mol. The molecule has 0 atom stereocenters. The van der Waals surface area contributed by atoms with E-state index in [1.807, 2.05) is 35.7 Å². The monoisotopic (exact) mass is 319 g/mol. The van der Waals surface area contributed by atoms with Crippen LogP contribution in [-0.2, 0) is 16.6 Å². The molecular formula is C14H13N3O2S2. The summed E-state index contributed by atoms with van der Waals surface area (Å²) in [7, 11) is -3.58. The third-order valence-electron chi connectivity index (χ3n) is 2.88. The lowest BCUT2D eigenvalue weighted by Crippen LogP contribution is -2.11. The number of nitrogens with zero attached hydrogens (tertiary/aromatic N) is 2. The zero-order chi connectivity index (χ0) is 14.7. The molecule has 0 unspecified atom stereocenters. The van der Waals surface area contributed by atoms with Crippen LogP contribution in [0.25, 0.3) is 0 Å². The molecule has 0 bridgehead atoms. The van der Waals surface area contributed by atoms with Crippen LogP contribution in [0.3, 0.4) is 0 Å². The Morgan fingerprint density at radius 3 is 2.71 bits per heavy atom. The maximum atomic E-state index is 12.2. The molecule has 0 aliphatic carbocycles. The van der Waals surface area contributed by atoms with Crippen molar-refractivity contribution >= 4 is 27.0 Å². The number of aromatic nitrogens is 2. The topological polar surface area (TPSA) is 64.0 Å². The number of anilines is 1. The van der Waals surface area contributed by atoms with E-state index in [4.69, 9.17) is 0 Å². The van der Waals surface area contributed by atoms with E-state index in [0.717, 1.165) is 5.56 Å². The minimum atomic E-state index is -3.58. The summed E-state index contributed by atoms with van der Waals surface area (Å²) in [4.78, 5) is 0.157. The van der Waals surface area contributed by atoms with Crippen molar-refractivity contribution in [2.24, 2.45) is 0 Å². The average Bonchev–Trinajstić information content (AvgIpc) is 3.11. The fraction of sp³-hybridized carbons (Fsp3) is 0.0714. The van der Waals surface area contributed by atoms with E-state index < -0.39 is 10.0 Å². The highest BCUT2D eigenvalue weighted by molar-refractivity contribution is 7.92. The zero-order valence-corrected chi connectivity index (χ0v) is 12.6. The Balaban J connectivity index is 1.78. The van der Waals surface area contributed by atoms with Gasteiger partial charge in [-0.25, -0.2) is 8.42 Å². The summed E-state index contributed by atoms with van der Waals surface area (Å²) in [6.07, 6.45) is 2.89. The van der Waals surface area contributed by atoms with Crippen molar-refractivity contribution in [2.75, 3.05) is 4.72 Å². The van der Waals surface area contributed by atoms with Gasteiger partial charge >= 0.3 is 0 Å². The quantitative estimate of drug-likeness (QED) is 0.786. The number of hydrogen-bond donors (Lipinski definition) is 1. The summed E-state index contributed by atoms with van der Waals surface area (Å²) in [6.45, 7) is 0.537. The second-order valence-corrected chi connectivity index (χ2v) is 6.94. The fourth-order valence-corrected chi connectivity index (χ4v) is 3.54. The number of rotatable bonds is 5. The average molecular weight is 319 g/mol. The Kier molecular flexibility index (Phi) is 3.76.